The van der Waals surface area contributed by atoms with Crippen molar-refractivity contribution >= 4 is 11.9 Å². The second-order valence-corrected chi connectivity index (χ2v) is 10.3. The molecule has 0 bridgehead atoms. The number of carbonyl (C=O) groups excluding carboxylic acids is 1. The Balaban J connectivity index is 1.65. The molecule has 2 aliphatic heterocycles. The SMILES string of the molecule is Cc1cc(N2CC[C@@H](CO)CC2(C)C)nn1C1CCN(C(=O)OC(C)(C)C)CC1. The summed E-state index contributed by atoms with van der Waals surface area (Å²) in [6.07, 6.45) is 3.53. The highest BCUT2D eigenvalue weighted by Gasteiger charge is 2.36. The summed E-state index contributed by atoms with van der Waals surface area (Å²) >= 11 is 0. The number of rotatable bonds is 3. The molecule has 1 N–H and O–H groups in total. The Morgan fingerprint density at radius 2 is 1.90 bits per heavy atom. The fraction of sp³-hybridized carbons (Fsp3) is 0.818. The monoisotopic (exact) mass is 406 g/mol. The Morgan fingerprint density at radius 1 is 1.24 bits per heavy atom. The molecule has 2 saturated heterocycles. The van der Waals surface area contributed by atoms with Gasteiger partial charge in [-0.05, 0) is 73.1 Å². The van der Waals surface area contributed by atoms with Gasteiger partial charge in [-0.3, -0.25) is 4.68 Å². The molecule has 1 aromatic heterocycles. The molecule has 1 amide bonds. The summed E-state index contributed by atoms with van der Waals surface area (Å²) in [5.41, 5.74) is 0.686. The average Bonchev–Trinajstić information content (AvgIpc) is 3.00. The molecule has 164 valence electrons. The smallest absolute Gasteiger partial charge is 0.410 e. The molecule has 0 unspecified atom stereocenters. The Labute approximate surface area is 175 Å². The molecule has 3 rings (SSSR count). The molecule has 0 spiro atoms. The van der Waals surface area contributed by atoms with Crippen molar-refractivity contribution in [3.05, 3.63) is 11.8 Å². The van der Waals surface area contributed by atoms with Gasteiger partial charge in [0.25, 0.3) is 0 Å². The summed E-state index contributed by atoms with van der Waals surface area (Å²) in [6.45, 7) is 14.9. The normalized spacial score (nSPS) is 23.3. The van der Waals surface area contributed by atoms with Gasteiger partial charge in [0.1, 0.15) is 5.60 Å². The second kappa shape index (κ2) is 8.17. The number of hydrogen-bond acceptors (Lipinski definition) is 5. The van der Waals surface area contributed by atoms with E-state index in [4.69, 9.17) is 9.84 Å². The third-order valence-electron chi connectivity index (χ3n) is 6.19. The fourth-order valence-corrected chi connectivity index (χ4v) is 4.71. The zero-order valence-electron chi connectivity index (χ0n) is 18.9. The molecule has 0 saturated carbocycles. The third kappa shape index (κ3) is 5.05. The van der Waals surface area contributed by atoms with E-state index in [-0.39, 0.29) is 18.2 Å². The van der Waals surface area contributed by atoms with E-state index in [2.05, 4.69) is 36.4 Å². The number of carbonyl (C=O) groups is 1. The molecule has 2 fully saturated rings. The Kier molecular flexibility index (Phi) is 6.18. The maximum atomic E-state index is 12.3. The van der Waals surface area contributed by atoms with E-state index in [1.165, 1.54) is 0 Å². The van der Waals surface area contributed by atoms with Crippen LogP contribution in [-0.2, 0) is 4.74 Å². The van der Waals surface area contributed by atoms with Crippen LogP contribution in [0.1, 0.15) is 72.0 Å². The molecular formula is C22H38N4O3. The number of amides is 1. The van der Waals surface area contributed by atoms with Crippen LogP contribution in [-0.4, -0.2) is 63.3 Å². The van der Waals surface area contributed by atoms with E-state index in [0.717, 1.165) is 43.7 Å². The Morgan fingerprint density at radius 3 is 2.45 bits per heavy atom. The van der Waals surface area contributed by atoms with Gasteiger partial charge in [-0.2, -0.15) is 5.10 Å². The predicted molar refractivity (Wildman–Crippen MR) is 114 cm³/mol. The van der Waals surface area contributed by atoms with Gasteiger partial charge in [-0.25, -0.2) is 4.79 Å². The summed E-state index contributed by atoms with van der Waals surface area (Å²) in [4.78, 5) is 16.5. The van der Waals surface area contributed by atoms with Crippen LogP contribution in [0.4, 0.5) is 10.6 Å². The zero-order valence-corrected chi connectivity index (χ0v) is 18.9. The fourth-order valence-electron chi connectivity index (χ4n) is 4.71. The third-order valence-corrected chi connectivity index (χ3v) is 6.19. The maximum absolute atomic E-state index is 12.3. The van der Waals surface area contributed by atoms with Crippen LogP contribution < -0.4 is 4.90 Å². The number of hydrogen-bond donors (Lipinski definition) is 1. The highest BCUT2D eigenvalue weighted by atomic mass is 16.6. The maximum Gasteiger partial charge on any atom is 0.410 e. The minimum Gasteiger partial charge on any atom is -0.444 e. The van der Waals surface area contributed by atoms with Gasteiger partial charge < -0.3 is 19.6 Å². The van der Waals surface area contributed by atoms with E-state index in [0.29, 0.717) is 25.0 Å². The van der Waals surface area contributed by atoms with Crippen LogP contribution in [0.25, 0.3) is 0 Å². The molecule has 1 aromatic rings. The lowest BCUT2D eigenvalue weighted by atomic mass is 9.83. The van der Waals surface area contributed by atoms with Crippen molar-refractivity contribution in [2.45, 2.75) is 84.4 Å². The number of nitrogens with zero attached hydrogens (tertiary/aromatic N) is 4. The van der Waals surface area contributed by atoms with E-state index in [9.17, 15) is 9.90 Å². The molecule has 2 aliphatic rings. The van der Waals surface area contributed by atoms with Crippen LogP contribution in [0.2, 0.25) is 0 Å². The number of piperidine rings is 2. The minimum absolute atomic E-state index is 0.0165. The largest absolute Gasteiger partial charge is 0.444 e. The van der Waals surface area contributed by atoms with Crippen molar-refractivity contribution < 1.29 is 14.6 Å². The number of aliphatic hydroxyl groups excluding tert-OH is 1. The van der Waals surface area contributed by atoms with E-state index >= 15 is 0 Å². The molecule has 0 aromatic carbocycles. The van der Waals surface area contributed by atoms with E-state index < -0.39 is 5.60 Å². The first-order valence-electron chi connectivity index (χ1n) is 10.9. The predicted octanol–water partition coefficient (Wildman–Crippen LogP) is 3.75. The minimum atomic E-state index is -0.461. The molecule has 29 heavy (non-hydrogen) atoms. The molecule has 3 heterocycles. The van der Waals surface area contributed by atoms with Gasteiger partial charge in [-0.1, -0.05) is 0 Å². The van der Waals surface area contributed by atoms with Crippen molar-refractivity contribution in [3.63, 3.8) is 0 Å². The van der Waals surface area contributed by atoms with Crippen molar-refractivity contribution in [2.24, 2.45) is 5.92 Å². The topological polar surface area (TPSA) is 70.8 Å². The average molecular weight is 407 g/mol. The van der Waals surface area contributed by atoms with E-state index in [1.54, 1.807) is 0 Å². The lowest BCUT2D eigenvalue weighted by Gasteiger charge is -2.45. The van der Waals surface area contributed by atoms with Crippen molar-refractivity contribution in [2.75, 3.05) is 31.1 Å². The van der Waals surface area contributed by atoms with Crippen molar-refractivity contribution in [3.8, 4) is 0 Å². The highest BCUT2D eigenvalue weighted by molar-refractivity contribution is 5.68. The number of aliphatic hydroxyl groups is 1. The summed E-state index contributed by atoms with van der Waals surface area (Å²) < 4.78 is 7.65. The van der Waals surface area contributed by atoms with Crippen molar-refractivity contribution in [1.29, 1.82) is 0 Å². The standard InChI is InChI=1S/C22H38N4O3/c1-16-13-19(25-12-7-17(15-27)14-22(25,5)6)23-26(16)18-8-10-24(11-9-18)20(28)29-21(2,3)4/h13,17-18,27H,7-12,14-15H2,1-6H3/t17-/m1/s1. The molecular weight excluding hydrogens is 368 g/mol. The van der Waals surface area contributed by atoms with Crippen LogP contribution in [0.15, 0.2) is 6.07 Å². The lowest BCUT2D eigenvalue weighted by molar-refractivity contribution is 0.0184. The van der Waals surface area contributed by atoms with Gasteiger partial charge in [0.05, 0.1) is 6.04 Å². The van der Waals surface area contributed by atoms with Crippen LogP contribution in [0, 0.1) is 12.8 Å². The van der Waals surface area contributed by atoms with Gasteiger partial charge in [0.2, 0.25) is 0 Å². The molecule has 0 radical (unpaired) electrons. The first-order valence-corrected chi connectivity index (χ1v) is 10.9. The number of likely N-dealkylation sites (tertiary alicyclic amines) is 1. The number of aromatic nitrogens is 2. The molecule has 0 aliphatic carbocycles. The Bertz CT molecular complexity index is 714. The van der Waals surface area contributed by atoms with Crippen LogP contribution in [0.3, 0.4) is 0 Å². The first-order chi connectivity index (χ1) is 13.5. The number of ether oxygens (including phenoxy) is 1. The molecule has 7 heteroatoms. The lowest BCUT2D eigenvalue weighted by Crippen LogP contribution is -2.51. The second-order valence-electron chi connectivity index (χ2n) is 10.3. The quantitative estimate of drug-likeness (QED) is 0.828. The van der Waals surface area contributed by atoms with Crippen molar-refractivity contribution in [1.82, 2.24) is 14.7 Å². The molecule has 7 nitrogen and oxygen atoms in total. The van der Waals surface area contributed by atoms with Gasteiger partial charge >= 0.3 is 6.09 Å². The highest BCUT2D eigenvalue weighted by Crippen LogP contribution is 2.36. The summed E-state index contributed by atoms with van der Waals surface area (Å²) in [6, 6.07) is 2.49. The molecule has 1 atom stereocenters. The first kappa shape index (κ1) is 21.9. The number of anilines is 1. The summed E-state index contributed by atoms with van der Waals surface area (Å²) in [5.74, 6) is 1.40. The van der Waals surface area contributed by atoms with Gasteiger partial charge in [0.15, 0.2) is 5.82 Å². The Hall–Kier alpha value is -1.76. The van der Waals surface area contributed by atoms with Gasteiger partial charge in [0, 0.05) is 43.5 Å². The summed E-state index contributed by atoms with van der Waals surface area (Å²) in [5, 5.41) is 14.5. The zero-order chi connectivity index (χ0) is 21.4. The summed E-state index contributed by atoms with van der Waals surface area (Å²) in [7, 11) is 0. The van der Waals surface area contributed by atoms with Crippen LogP contribution in [0.5, 0.6) is 0 Å². The van der Waals surface area contributed by atoms with E-state index in [1.807, 2.05) is 25.7 Å². The number of aryl methyl sites for hydroxylation is 1. The van der Waals surface area contributed by atoms with Crippen LogP contribution >= 0.6 is 0 Å². The van der Waals surface area contributed by atoms with Gasteiger partial charge in [-0.15, -0.1) is 0 Å².